The lowest BCUT2D eigenvalue weighted by atomic mass is 10.0. The lowest BCUT2D eigenvalue weighted by Gasteiger charge is -2.31. The van der Waals surface area contributed by atoms with Crippen LogP contribution in [0.2, 0.25) is 0 Å². The Hall–Kier alpha value is -2.80. The van der Waals surface area contributed by atoms with Crippen molar-refractivity contribution >= 4 is 35.7 Å². The van der Waals surface area contributed by atoms with Crippen LogP contribution in [-0.2, 0) is 9.59 Å². The highest BCUT2D eigenvalue weighted by Crippen LogP contribution is 2.35. The maximum absolute atomic E-state index is 13.0. The first-order chi connectivity index (χ1) is 14.5. The van der Waals surface area contributed by atoms with Crippen LogP contribution in [0.4, 0.5) is 4.79 Å². The van der Waals surface area contributed by atoms with Gasteiger partial charge in [-0.15, -0.1) is 0 Å². The first kappa shape index (κ1) is 20.5. The van der Waals surface area contributed by atoms with Crippen molar-refractivity contribution in [3.8, 4) is 0 Å². The number of carbonyl (C=O) groups is 3. The summed E-state index contributed by atoms with van der Waals surface area (Å²) < 4.78 is 5.84. The number of barbiturate groups is 1. The van der Waals surface area contributed by atoms with Crippen LogP contribution in [0.15, 0.2) is 57.5 Å². The molecule has 2 aromatic rings. The summed E-state index contributed by atoms with van der Waals surface area (Å²) in [5.74, 6) is -0.911. The van der Waals surface area contributed by atoms with Gasteiger partial charge in [-0.25, -0.2) is 4.79 Å². The van der Waals surface area contributed by atoms with Gasteiger partial charge in [0.1, 0.15) is 11.3 Å². The number of nitrogens with zero attached hydrogens (tertiary/aromatic N) is 1. The second kappa shape index (κ2) is 8.92. The van der Waals surface area contributed by atoms with E-state index >= 15 is 0 Å². The van der Waals surface area contributed by atoms with Crippen molar-refractivity contribution in [2.45, 2.75) is 55.4 Å². The fraction of sp³-hybridized carbons (Fsp3) is 0.348. The third-order valence-electron chi connectivity index (χ3n) is 5.53. The van der Waals surface area contributed by atoms with Crippen LogP contribution in [0.5, 0.6) is 0 Å². The van der Waals surface area contributed by atoms with Gasteiger partial charge in [0, 0.05) is 5.25 Å². The standard InChI is InChI=1S/C23H24N2O4S/c1-15(16-8-4-2-5-9-16)25-22(27)19(21(26)24-23(25)28)14-17-12-13-20(29-17)30-18-10-6-3-7-11-18/h2,4-5,8-9,12-15,18H,3,6-7,10-11H2,1H3,(H,24,26,28)/b19-14-/t15-/m0/s1. The van der Waals surface area contributed by atoms with Crippen LogP contribution in [0.25, 0.3) is 6.08 Å². The number of benzene rings is 1. The van der Waals surface area contributed by atoms with Crippen LogP contribution in [0, 0.1) is 0 Å². The number of nitrogens with one attached hydrogen (secondary N) is 1. The van der Waals surface area contributed by atoms with Gasteiger partial charge in [-0.05, 0) is 43.5 Å². The molecule has 6 nitrogen and oxygen atoms in total. The van der Waals surface area contributed by atoms with Gasteiger partial charge in [-0.2, -0.15) is 0 Å². The lowest BCUT2D eigenvalue weighted by molar-refractivity contribution is -0.131. The summed E-state index contributed by atoms with van der Waals surface area (Å²) in [5, 5.41) is 3.59. The zero-order chi connectivity index (χ0) is 21.1. The molecule has 0 bridgehead atoms. The van der Waals surface area contributed by atoms with E-state index < -0.39 is 23.9 Å². The predicted octanol–water partition coefficient (Wildman–Crippen LogP) is 4.93. The van der Waals surface area contributed by atoms with E-state index in [1.54, 1.807) is 24.8 Å². The topological polar surface area (TPSA) is 79.6 Å². The summed E-state index contributed by atoms with van der Waals surface area (Å²) >= 11 is 1.71. The Morgan fingerprint density at radius 2 is 1.80 bits per heavy atom. The molecule has 4 amide bonds. The molecule has 2 fully saturated rings. The highest BCUT2D eigenvalue weighted by atomic mass is 32.2. The van der Waals surface area contributed by atoms with Gasteiger partial charge < -0.3 is 4.42 Å². The zero-order valence-corrected chi connectivity index (χ0v) is 17.6. The third-order valence-corrected chi connectivity index (χ3v) is 6.78. The molecule has 7 heteroatoms. The van der Waals surface area contributed by atoms with E-state index in [0.29, 0.717) is 11.0 Å². The highest BCUT2D eigenvalue weighted by Gasteiger charge is 2.39. The molecule has 0 spiro atoms. The Balaban J connectivity index is 1.54. The summed E-state index contributed by atoms with van der Waals surface area (Å²) in [4.78, 5) is 38.8. The summed E-state index contributed by atoms with van der Waals surface area (Å²) in [6.45, 7) is 1.76. The van der Waals surface area contributed by atoms with E-state index in [4.69, 9.17) is 4.42 Å². The van der Waals surface area contributed by atoms with Crippen molar-refractivity contribution in [2.24, 2.45) is 0 Å². The largest absolute Gasteiger partial charge is 0.450 e. The average Bonchev–Trinajstić information content (AvgIpc) is 3.19. The number of hydrogen-bond acceptors (Lipinski definition) is 5. The quantitative estimate of drug-likeness (QED) is 0.544. The van der Waals surface area contributed by atoms with Gasteiger partial charge in [0.25, 0.3) is 11.8 Å². The summed E-state index contributed by atoms with van der Waals surface area (Å²) in [6.07, 6.45) is 7.55. The minimum absolute atomic E-state index is 0.110. The summed E-state index contributed by atoms with van der Waals surface area (Å²) in [6, 6.07) is 11.6. The second-order valence-corrected chi connectivity index (χ2v) is 8.92. The van der Waals surface area contributed by atoms with Crippen molar-refractivity contribution in [2.75, 3.05) is 0 Å². The normalized spacial score (nSPS) is 20.5. The van der Waals surface area contributed by atoms with Gasteiger partial charge in [0.2, 0.25) is 0 Å². The average molecular weight is 425 g/mol. The number of carbonyl (C=O) groups excluding carboxylic acids is 3. The molecule has 1 aliphatic heterocycles. The van der Waals surface area contributed by atoms with Gasteiger partial charge in [-0.1, -0.05) is 61.4 Å². The molecule has 4 rings (SSSR count). The minimum Gasteiger partial charge on any atom is -0.450 e. The monoisotopic (exact) mass is 424 g/mol. The molecule has 2 aliphatic rings. The molecular weight excluding hydrogens is 400 g/mol. The Bertz CT molecular complexity index is 976. The molecule has 1 aliphatic carbocycles. The van der Waals surface area contributed by atoms with Crippen molar-refractivity contribution in [3.05, 3.63) is 59.4 Å². The minimum atomic E-state index is -0.716. The molecule has 1 aromatic heterocycles. The fourth-order valence-electron chi connectivity index (χ4n) is 3.87. The molecule has 0 radical (unpaired) electrons. The first-order valence-electron chi connectivity index (χ1n) is 10.2. The smallest absolute Gasteiger partial charge is 0.331 e. The number of furan rings is 1. The maximum Gasteiger partial charge on any atom is 0.331 e. The number of imide groups is 2. The Labute approximate surface area is 179 Å². The van der Waals surface area contributed by atoms with E-state index in [0.717, 1.165) is 15.6 Å². The van der Waals surface area contributed by atoms with Crippen LogP contribution >= 0.6 is 11.8 Å². The lowest BCUT2D eigenvalue weighted by Crippen LogP contribution is -2.54. The molecule has 1 aromatic carbocycles. The molecule has 30 heavy (non-hydrogen) atoms. The SMILES string of the molecule is C[C@@H](c1ccccc1)N1C(=O)NC(=O)/C(=C/c2ccc(SC3CCCCC3)o2)C1=O. The molecule has 1 N–H and O–H groups in total. The second-order valence-electron chi connectivity index (χ2n) is 7.61. The highest BCUT2D eigenvalue weighted by molar-refractivity contribution is 7.99. The first-order valence-corrected chi connectivity index (χ1v) is 11.1. The van der Waals surface area contributed by atoms with Gasteiger partial charge in [-0.3, -0.25) is 19.8 Å². The van der Waals surface area contributed by atoms with Gasteiger partial charge in [0.05, 0.1) is 6.04 Å². The van der Waals surface area contributed by atoms with Crippen LogP contribution in [0.3, 0.4) is 0 Å². The van der Waals surface area contributed by atoms with Gasteiger partial charge in [0.15, 0.2) is 5.09 Å². The van der Waals surface area contributed by atoms with Crippen LogP contribution < -0.4 is 5.32 Å². The number of hydrogen-bond donors (Lipinski definition) is 1. The number of amides is 4. The number of thioether (sulfide) groups is 1. The summed E-state index contributed by atoms with van der Waals surface area (Å²) in [5.41, 5.74) is 0.694. The molecule has 1 saturated heterocycles. The Kier molecular flexibility index (Phi) is 6.08. The van der Waals surface area contributed by atoms with Crippen LogP contribution in [-0.4, -0.2) is 28.0 Å². The van der Waals surface area contributed by atoms with Crippen LogP contribution in [0.1, 0.15) is 56.4 Å². The van der Waals surface area contributed by atoms with E-state index in [2.05, 4.69) is 5.32 Å². The molecule has 0 unspecified atom stereocenters. The molecule has 156 valence electrons. The predicted molar refractivity (Wildman–Crippen MR) is 115 cm³/mol. The van der Waals surface area contributed by atoms with Crippen molar-refractivity contribution < 1.29 is 18.8 Å². The van der Waals surface area contributed by atoms with Crippen molar-refractivity contribution in [3.63, 3.8) is 0 Å². The van der Waals surface area contributed by atoms with Crippen molar-refractivity contribution in [1.29, 1.82) is 0 Å². The van der Waals surface area contributed by atoms with Gasteiger partial charge >= 0.3 is 6.03 Å². The number of rotatable bonds is 5. The van der Waals surface area contributed by atoms with Crippen molar-refractivity contribution in [1.82, 2.24) is 10.2 Å². The zero-order valence-electron chi connectivity index (χ0n) is 16.8. The molecule has 1 saturated carbocycles. The van der Waals surface area contributed by atoms with E-state index in [1.807, 2.05) is 36.4 Å². The third kappa shape index (κ3) is 4.36. The molecule has 1 atom stereocenters. The fourth-order valence-corrected chi connectivity index (χ4v) is 5.06. The molecule has 2 heterocycles. The Morgan fingerprint density at radius 1 is 1.07 bits per heavy atom. The van der Waals surface area contributed by atoms with E-state index in [-0.39, 0.29) is 5.57 Å². The Morgan fingerprint density at radius 3 is 2.53 bits per heavy atom. The summed E-state index contributed by atoms with van der Waals surface area (Å²) in [7, 11) is 0. The van der Waals surface area contributed by atoms with E-state index in [9.17, 15) is 14.4 Å². The number of urea groups is 1. The van der Waals surface area contributed by atoms with E-state index in [1.165, 1.54) is 38.2 Å². The maximum atomic E-state index is 13.0. The molecular formula is C23H24N2O4S.